The molecule has 11 nitrogen and oxygen atoms in total. The molecule has 0 spiro atoms. The van der Waals surface area contributed by atoms with Gasteiger partial charge < -0.3 is 24.1 Å². The fraction of sp³-hybridized carbons (Fsp3) is 0.470. The van der Waals surface area contributed by atoms with Crippen LogP contribution in [0.15, 0.2) is 78.4 Å². The van der Waals surface area contributed by atoms with Crippen molar-refractivity contribution in [1.29, 1.82) is 0 Å². The molecule has 1 N–H and O–H groups in total. The molecular formula is C66H89ClFN4O7+. The maximum Gasteiger partial charge on any atom is 0.290 e. The van der Waals surface area contributed by atoms with Crippen molar-refractivity contribution >= 4 is 85.7 Å². The SMILES string of the molecule is CC=O.CCC(C)CCn1c(C)c(CCCOc2cccc3cc(F)ccc23)c2ccc(Cl)c(C3=C(C)CC[N+](C)=C3C)c21.CCCC(C(C)=O)c1cc2ccc(C(C)=O)cc2nc1C.CCCN(CCC)C(=O)CC.O=CO. The van der Waals surface area contributed by atoms with Gasteiger partial charge in [-0.2, -0.15) is 0 Å². The zero-order valence-electron chi connectivity index (χ0n) is 49.8. The number of fused-ring (bicyclic) bond motifs is 3. The van der Waals surface area contributed by atoms with Gasteiger partial charge in [-0.15, -0.1) is 0 Å². The lowest BCUT2D eigenvalue weighted by Gasteiger charge is -2.20. The molecule has 0 saturated heterocycles. The predicted octanol–water partition coefficient (Wildman–Crippen LogP) is 15.8. The number of Topliss-reactive ketones (excluding diaryl/α,β-unsaturated/α-hetero) is 2. The van der Waals surface area contributed by atoms with Crippen LogP contribution < -0.4 is 4.74 Å². The van der Waals surface area contributed by atoms with E-state index in [1.54, 1.807) is 26.0 Å². The summed E-state index contributed by atoms with van der Waals surface area (Å²) in [5, 5.41) is 11.8. The highest BCUT2D eigenvalue weighted by Gasteiger charge is 2.29. The van der Waals surface area contributed by atoms with Crippen molar-refractivity contribution in [2.45, 2.75) is 167 Å². The van der Waals surface area contributed by atoms with Crippen molar-refractivity contribution in [2.75, 3.05) is 33.3 Å². The second-order valence-corrected chi connectivity index (χ2v) is 20.9. The number of carbonyl (C=O) groups is 5. The Balaban J connectivity index is 0.000000357. The average Bonchev–Trinajstić information content (AvgIpc) is 3.78. The summed E-state index contributed by atoms with van der Waals surface area (Å²) in [4.78, 5) is 58.3. The van der Waals surface area contributed by atoms with E-state index in [2.05, 4.69) is 88.7 Å². The number of benzene rings is 4. The van der Waals surface area contributed by atoms with Gasteiger partial charge in [-0.25, -0.2) is 8.97 Å². The van der Waals surface area contributed by atoms with E-state index in [4.69, 9.17) is 31.0 Å². The number of allylic oxidation sites excluding steroid dienone is 1. The number of rotatable bonds is 20. The molecule has 7 rings (SSSR count). The quantitative estimate of drug-likeness (QED) is 0.0345. The van der Waals surface area contributed by atoms with E-state index in [0.29, 0.717) is 24.5 Å². The van der Waals surface area contributed by atoms with E-state index in [1.165, 1.54) is 64.0 Å². The van der Waals surface area contributed by atoms with E-state index in [9.17, 15) is 18.8 Å². The highest BCUT2D eigenvalue weighted by atomic mass is 35.5. The number of ether oxygens (including phenoxy) is 1. The summed E-state index contributed by atoms with van der Waals surface area (Å²) in [6.45, 7) is 30.4. The van der Waals surface area contributed by atoms with E-state index < -0.39 is 0 Å². The van der Waals surface area contributed by atoms with Crippen LogP contribution in [-0.4, -0.2) is 93.4 Å². The largest absolute Gasteiger partial charge is 0.493 e. The molecule has 0 radical (unpaired) electrons. The Labute approximate surface area is 475 Å². The van der Waals surface area contributed by atoms with Gasteiger partial charge in [0.1, 0.15) is 37.2 Å². The van der Waals surface area contributed by atoms with Crippen LogP contribution in [0.2, 0.25) is 5.02 Å². The van der Waals surface area contributed by atoms with Crippen LogP contribution in [0, 0.1) is 25.6 Å². The summed E-state index contributed by atoms with van der Waals surface area (Å²) in [6, 6.07) is 22.6. The Bertz CT molecular complexity index is 3070. The number of carbonyl (C=O) groups excluding carboxylic acids is 4. The van der Waals surface area contributed by atoms with Crippen molar-refractivity contribution in [3.8, 4) is 5.75 Å². The standard InChI is InChI=1S/C36H43ClFN2O.C18H21NO2.C9H19NO.C2H4O.CH2O2/c1-7-23(2)17-20-40-25(4)29(11-9-21-41-33-12-8-10-27-22-28(38)13-14-30(27)33)31-15-16-32(37)35(36(31)40)34-24(3)18-19-39(6)26(34)5;1-5-6-16(13(4)21)17-9-15-8-7-14(12(3)20)10-18(15)19-11(17)2;1-4-7-10(8-5-2)9(11)6-3;1-2-3;2-1-3/h8,10,12-16,22-23H,7,9,11,17-21H2,1-6H3;7-10,16H,5-6H2,1-4H3;4-8H2,1-3H3;2H,1H3;1H,(H,2,3)/q+1;;;;. The molecule has 2 atom stereocenters. The Morgan fingerprint density at radius 1 is 0.886 bits per heavy atom. The lowest BCUT2D eigenvalue weighted by molar-refractivity contribution is -0.497. The summed E-state index contributed by atoms with van der Waals surface area (Å²) in [5.74, 6) is 1.66. The summed E-state index contributed by atoms with van der Waals surface area (Å²) in [6.07, 6.45) is 10.5. The number of pyridine rings is 1. The van der Waals surface area contributed by atoms with Gasteiger partial charge in [0.15, 0.2) is 11.5 Å². The minimum absolute atomic E-state index is 0.0352. The molecule has 6 aromatic rings. The number of nitrogens with zero attached hydrogens (tertiary/aromatic N) is 4. The highest BCUT2D eigenvalue weighted by Crippen LogP contribution is 2.40. The molecule has 1 aliphatic rings. The molecule has 4 aromatic carbocycles. The third-order valence-electron chi connectivity index (χ3n) is 14.7. The Morgan fingerprint density at radius 2 is 1.54 bits per heavy atom. The zero-order chi connectivity index (χ0) is 58.9. The maximum atomic E-state index is 13.7. The van der Waals surface area contributed by atoms with Gasteiger partial charge in [-0.05, 0) is 145 Å². The second kappa shape index (κ2) is 33.8. The van der Waals surface area contributed by atoms with Crippen LogP contribution in [-0.2, 0) is 32.1 Å². The van der Waals surface area contributed by atoms with Crippen LogP contribution in [0.5, 0.6) is 5.75 Å². The first-order valence-corrected chi connectivity index (χ1v) is 28.7. The van der Waals surface area contributed by atoms with Gasteiger partial charge in [0.25, 0.3) is 6.47 Å². The molecule has 0 saturated carbocycles. The number of halogens is 2. The van der Waals surface area contributed by atoms with E-state index in [0.717, 1.165) is 128 Å². The van der Waals surface area contributed by atoms with Crippen molar-refractivity contribution in [2.24, 2.45) is 5.92 Å². The van der Waals surface area contributed by atoms with Crippen molar-refractivity contribution < 1.29 is 42.8 Å². The van der Waals surface area contributed by atoms with Gasteiger partial charge in [-0.1, -0.05) is 102 Å². The fourth-order valence-corrected chi connectivity index (χ4v) is 10.4. The summed E-state index contributed by atoms with van der Waals surface area (Å²) < 4.78 is 24.9. The molecule has 428 valence electrons. The van der Waals surface area contributed by atoms with Gasteiger partial charge in [0.05, 0.1) is 28.2 Å². The molecule has 1 amide bonds. The molecule has 2 unspecified atom stereocenters. The molecule has 0 bridgehead atoms. The van der Waals surface area contributed by atoms with Crippen molar-refractivity contribution in [1.82, 2.24) is 14.5 Å². The van der Waals surface area contributed by atoms with Crippen LogP contribution in [0.3, 0.4) is 0 Å². The number of aromatic nitrogens is 2. The molecule has 3 heterocycles. The Morgan fingerprint density at radius 3 is 2.14 bits per heavy atom. The van der Waals surface area contributed by atoms with Crippen LogP contribution in [0.1, 0.15) is 178 Å². The minimum Gasteiger partial charge on any atom is -0.493 e. The Hall–Kier alpha value is -6.53. The zero-order valence-corrected chi connectivity index (χ0v) is 50.5. The molecule has 2 aromatic heterocycles. The first-order chi connectivity index (χ1) is 37.7. The van der Waals surface area contributed by atoms with Crippen LogP contribution in [0.4, 0.5) is 4.39 Å². The number of hydrogen-bond acceptors (Lipinski definition) is 7. The van der Waals surface area contributed by atoms with E-state index in [1.807, 2.05) is 61.2 Å². The second-order valence-electron chi connectivity index (χ2n) is 20.5. The van der Waals surface area contributed by atoms with Gasteiger partial charge >= 0.3 is 0 Å². The smallest absolute Gasteiger partial charge is 0.290 e. The van der Waals surface area contributed by atoms with E-state index >= 15 is 0 Å². The van der Waals surface area contributed by atoms with Gasteiger partial charge in [0, 0.05) is 84.0 Å². The third kappa shape index (κ3) is 18.5. The van der Waals surface area contributed by atoms with Crippen molar-refractivity contribution in [3.05, 3.63) is 123 Å². The first-order valence-electron chi connectivity index (χ1n) is 28.3. The summed E-state index contributed by atoms with van der Waals surface area (Å²) in [5.41, 5.74) is 12.5. The number of hydrogen-bond donors (Lipinski definition) is 1. The van der Waals surface area contributed by atoms with Gasteiger partial charge in [0.2, 0.25) is 5.91 Å². The molecule has 79 heavy (non-hydrogen) atoms. The first kappa shape index (κ1) is 66.7. The number of carboxylic acid groups (broad SMARTS) is 1. The topological polar surface area (TPSA) is 139 Å². The lowest BCUT2D eigenvalue weighted by atomic mass is 9.89. The Kier molecular flexibility index (Phi) is 28.6. The minimum atomic E-state index is -0.250. The van der Waals surface area contributed by atoms with Crippen molar-refractivity contribution in [3.63, 3.8) is 0 Å². The number of amides is 1. The highest BCUT2D eigenvalue weighted by molar-refractivity contribution is 6.37. The third-order valence-corrected chi connectivity index (χ3v) is 15.0. The van der Waals surface area contributed by atoms with Crippen LogP contribution in [0.25, 0.3) is 38.2 Å². The maximum absolute atomic E-state index is 13.7. The normalized spacial score (nSPS) is 12.7. The lowest BCUT2D eigenvalue weighted by Crippen LogP contribution is -2.31. The summed E-state index contributed by atoms with van der Waals surface area (Å²) >= 11 is 7.07. The monoisotopic (exact) mass is 1100 g/mol. The fourth-order valence-electron chi connectivity index (χ4n) is 10.1. The summed E-state index contributed by atoms with van der Waals surface area (Å²) in [7, 11) is 2.18. The number of ketones is 2. The number of aryl methyl sites for hydroxylation is 3. The molecule has 0 fully saturated rings. The molecule has 1 aliphatic heterocycles. The predicted molar refractivity (Wildman–Crippen MR) is 325 cm³/mol. The molecule has 0 aliphatic carbocycles. The molecular weight excluding hydrogens is 1020 g/mol. The van der Waals surface area contributed by atoms with E-state index in [-0.39, 0.29) is 35.7 Å². The average molecular weight is 1100 g/mol. The van der Waals surface area contributed by atoms with Gasteiger partial charge in [-0.3, -0.25) is 24.2 Å². The number of aldehydes is 1. The van der Waals surface area contributed by atoms with Crippen LogP contribution >= 0.6 is 11.6 Å². The molecule has 13 heteroatoms.